The molecule has 0 saturated heterocycles. The Kier molecular flexibility index (Phi) is 12.1. The highest BCUT2D eigenvalue weighted by molar-refractivity contribution is 5.48. The average molecular weight is 321 g/mol. The Balaban J connectivity index is 0.000000300. The van der Waals surface area contributed by atoms with Crippen molar-refractivity contribution in [2.45, 2.75) is 51.9 Å². The molecule has 0 spiro atoms. The number of hydrogen-bond acceptors (Lipinski definition) is 0. The van der Waals surface area contributed by atoms with E-state index in [1.165, 1.54) is 56.1 Å². The zero-order chi connectivity index (χ0) is 17.3. The molecule has 2 rings (SSSR count). The summed E-state index contributed by atoms with van der Waals surface area (Å²) in [5, 5.41) is 0. The molecule has 0 bridgehead atoms. The van der Waals surface area contributed by atoms with Crippen molar-refractivity contribution >= 4 is 12.2 Å². The zero-order valence-electron chi connectivity index (χ0n) is 15.2. The summed E-state index contributed by atoms with van der Waals surface area (Å²) < 4.78 is 0. The van der Waals surface area contributed by atoms with Crippen molar-refractivity contribution in [2.24, 2.45) is 0 Å². The summed E-state index contributed by atoms with van der Waals surface area (Å²) in [5.41, 5.74) is 2.49. The van der Waals surface area contributed by atoms with Crippen LogP contribution >= 0.6 is 0 Å². The second-order valence-electron chi connectivity index (χ2n) is 5.98. The van der Waals surface area contributed by atoms with E-state index in [0.717, 1.165) is 0 Å². The molecule has 0 saturated carbocycles. The third kappa shape index (κ3) is 10.6. The molecule has 0 heterocycles. The summed E-state index contributed by atoms with van der Waals surface area (Å²) in [6.45, 7) is 5.90. The summed E-state index contributed by atoms with van der Waals surface area (Å²) in [5.74, 6) is 0. The normalized spacial score (nSPS) is 10.2. The fourth-order valence-electron chi connectivity index (χ4n) is 2.42. The summed E-state index contributed by atoms with van der Waals surface area (Å²) in [6.07, 6.45) is 15.9. The molecule has 0 N–H and O–H groups in total. The van der Waals surface area contributed by atoms with E-state index in [1.807, 2.05) is 36.4 Å². The van der Waals surface area contributed by atoms with Crippen LogP contribution < -0.4 is 0 Å². The van der Waals surface area contributed by atoms with Gasteiger partial charge in [0.1, 0.15) is 0 Å². The lowest BCUT2D eigenvalue weighted by Gasteiger charge is -1.97. The first-order valence-corrected chi connectivity index (χ1v) is 9.26. The van der Waals surface area contributed by atoms with Crippen LogP contribution in [0.5, 0.6) is 0 Å². The third-order valence-electron chi connectivity index (χ3n) is 3.87. The van der Waals surface area contributed by atoms with Gasteiger partial charge in [-0.05, 0) is 24.0 Å². The van der Waals surface area contributed by atoms with Gasteiger partial charge in [0, 0.05) is 0 Å². The van der Waals surface area contributed by atoms with Crippen molar-refractivity contribution < 1.29 is 0 Å². The highest BCUT2D eigenvalue weighted by Gasteiger charge is 1.88. The van der Waals surface area contributed by atoms with Crippen molar-refractivity contribution in [3.8, 4) is 0 Å². The summed E-state index contributed by atoms with van der Waals surface area (Å²) in [7, 11) is 0. The van der Waals surface area contributed by atoms with Crippen molar-refractivity contribution in [1.29, 1.82) is 0 Å². The fourth-order valence-corrected chi connectivity index (χ4v) is 2.42. The molecular weight excluding hydrogens is 288 g/mol. The van der Waals surface area contributed by atoms with Crippen molar-refractivity contribution in [3.63, 3.8) is 0 Å². The molecule has 0 nitrogen and oxygen atoms in total. The first-order valence-electron chi connectivity index (χ1n) is 9.26. The van der Waals surface area contributed by atoms with Gasteiger partial charge in [-0.15, -0.1) is 0 Å². The highest BCUT2D eigenvalue weighted by Crippen LogP contribution is 2.08. The topological polar surface area (TPSA) is 0 Å². The molecule has 24 heavy (non-hydrogen) atoms. The van der Waals surface area contributed by atoms with Crippen LogP contribution in [-0.2, 0) is 0 Å². The summed E-state index contributed by atoms with van der Waals surface area (Å²) in [4.78, 5) is 0. The lowest BCUT2D eigenvalue weighted by atomic mass is 10.1. The van der Waals surface area contributed by atoms with E-state index < -0.39 is 0 Å². The van der Waals surface area contributed by atoms with Gasteiger partial charge in [0.2, 0.25) is 0 Å². The van der Waals surface area contributed by atoms with E-state index in [4.69, 9.17) is 0 Å². The van der Waals surface area contributed by atoms with Crippen LogP contribution in [0.15, 0.2) is 73.3 Å². The van der Waals surface area contributed by atoms with E-state index >= 15 is 0 Å². The predicted molar refractivity (Wildman–Crippen MR) is 110 cm³/mol. The van der Waals surface area contributed by atoms with Crippen LogP contribution in [0.25, 0.3) is 12.2 Å². The van der Waals surface area contributed by atoms with Crippen molar-refractivity contribution in [3.05, 3.63) is 84.4 Å². The lowest BCUT2D eigenvalue weighted by molar-refractivity contribution is 0.611. The van der Waals surface area contributed by atoms with E-state index in [0.29, 0.717) is 0 Å². The minimum Gasteiger partial charge on any atom is -0.0985 e. The minimum absolute atomic E-state index is 1.17. The van der Waals surface area contributed by atoms with E-state index in [1.54, 1.807) is 0 Å². The molecular formula is C24H32. The van der Waals surface area contributed by atoms with Crippen LogP contribution in [0.4, 0.5) is 0 Å². The molecule has 0 radical (unpaired) electrons. The molecule has 0 aliphatic rings. The number of allylic oxidation sites excluding steroid dienone is 1. The largest absolute Gasteiger partial charge is 0.0985 e. The molecule has 0 fully saturated rings. The number of hydrogen-bond donors (Lipinski definition) is 0. The molecule has 0 amide bonds. The smallest absolute Gasteiger partial charge is 0.0260 e. The van der Waals surface area contributed by atoms with Crippen LogP contribution in [0.1, 0.15) is 63.0 Å². The molecule has 128 valence electrons. The maximum absolute atomic E-state index is 3.63. The van der Waals surface area contributed by atoms with Crippen LogP contribution in [0.2, 0.25) is 0 Å². The quantitative estimate of drug-likeness (QED) is 0.414. The van der Waals surface area contributed by atoms with E-state index in [2.05, 4.69) is 56.0 Å². The van der Waals surface area contributed by atoms with Crippen LogP contribution in [-0.4, -0.2) is 0 Å². The van der Waals surface area contributed by atoms with Gasteiger partial charge >= 0.3 is 0 Å². The van der Waals surface area contributed by atoms with Crippen LogP contribution in [0.3, 0.4) is 0 Å². The monoisotopic (exact) mass is 320 g/mol. The maximum atomic E-state index is 3.63. The highest BCUT2D eigenvalue weighted by atomic mass is 13.9. The van der Waals surface area contributed by atoms with Gasteiger partial charge in [0.05, 0.1) is 0 Å². The second kappa shape index (κ2) is 14.5. The van der Waals surface area contributed by atoms with Crippen molar-refractivity contribution in [2.75, 3.05) is 0 Å². The Bertz CT molecular complexity index is 537. The molecule has 0 aliphatic heterocycles. The molecule has 0 unspecified atom stereocenters. The Morgan fingerprint density at radius 1 is 0.708 bits per heavy atom. The standard InChI is InChI=1S/C16H24.C8H8/c1-2-3-4-5-6-7-8-10-13-16-14-11-9-12-15-16;1-2-8-6-4-3-5-7-8/h9-15H,2-8H2,1H3;2-7H,1H2. The molecule has 0 heteroatoms. The minimum atomic E-state index is 1.17. The second-order valence-corrected chi connectivity index (χ2v) is 5.98. The number of unbranched alkanes of at least 4 members (excludes halogenated alkanes) is 6. The first-order chi connectivity index (χ1) is 11.9. The van der Waals surface area contributed by atoms with E-state index in [-0.39, 0.29) is 0 Å². The Hall–Kier alpha value is -2.08. The van der Waals surface area contributed by atoms with Crippen molar-refractivity contribution in [1.82, 2.24) is 0 Å². The summed E-state index contributed by atoms with van der Waals surface area (Å²) >= 11 is 0. The molecule has 2 aromatic carbocycles. The molecule has 0 aliphatic carbocycles. The number of benzene rings is 2. The SMILES string of the molecule is C=Cc1ccccc1.CCCCCCCCC=Cc1ccccc1. The molecule has 0 aromatic heterocycles. The average Bonchev–Trinajstić information content (AvgIpc) is 2.66. The van der Waals surface area contributed by atoms with Gasteiger partial charge in [-0.2, -0.15) is 0 Å². The van der Waals surface area contributed by atoms with Gasteiger partial charge in [-0.25, -0.2) is 0 Å². The summed E-state index contributed by atoms with van der Waals surface area (Å²) in [6, 6.07) is 20.6. The third-order valence-corrected chi connectivity index (χ3v) is 3.87. The zero-order valence-corrected chi connectivity index (χ0v) is 15.2. The maximum Gasteiger partial charge on any atom is -0.0260 e. The Labute approximate surface area is 148 Å². The van der Waals surface area contributed by atoms with Crippen LogP contribution in [0, 0.1) is 0 Å². The predicted octanol–water partition coefficient (Wildman–Crippen LogP) is 7.78. The first kappa shape index (κ1) is 20.0. The van der Waals surface area contributed by atoms with Gasteiger partial charge in [-0.3, -0.25) is 0 Å². The number of rotatable bonds is 9. The van der Waals surface area contributed by atoms with Gasteiger partial charge in [0.25, 0.3) is 0 Å². The fraction of sp³-hybridized carbons (Fsp3) is 0.333. The van der Waals surface area contributed by atoms with E-state index in [9.17, 15) is 0 Å². The lowest BCUT2D eigenvalue weighted by Crippen LogP contribution is -1.77. The molecule has 2 aromatic rings. The van der Waals surface area contributed by atoms with Gasteiger partial charge < -0.3 is 0 Å². The van der Waals surface area contributed by atoms with Gasteiger partial charge in [-0.1, -0.05) is 124 Å². The Morgan fingerprint density at radius 2 is 1.25 bits per heavy atom. The Morgan fingerprint density at radius 3 is 1.79 bits per heavy atom. The molecule has 0 atom stereocenters. The van der Waals surface area contributed by atoms with Gasteiger partial charge in [0.15, 0.2) is 0 Å².